The van der Waals surface area contributed by atoms with Crippen LogP contribution in [-0.2, 0) is 14.3 Å². The Bertz CT molecular complexity index is 846. The number of allylic oxidation sites excluding steroid dienone is 2. The summed E-state index contributed by atoms with van der Waals surface area (Å²) in [6.45, 7) is 2.39. The second-order valence-electron chi connectivity index (χ2n) is 7.10. The molecule has 0 fully saturated rings. The van der Waals surface area contributed by atoms with Gasteiger partial charge in [0.1, 0.15) is 5.75 Å². The Morgan fingerprint density at radius 1 is 1.18 bits per heavy atom. The molecule has 0 atom stereocenters. The normalized spacial score (nSPS) is 18.5. The van der Waals surface area contributed by atoms with Crippen LogP contribution in [0.3, 0.4) is 0 Å². The molecule has 0 spiro atoms. The monoisotopic (exact) mass is 381 g/mol. The lowest BCUT2D eigenvalue weighted by Gasteiger charge is -2.20. The first-order chi connectivity index (χ1) is 13.5. The first-order valence-electron chi connectivity index (χ1n) is 9.70. The fraction of sp³-hybridized carbons (Fsp3) is 0.391. The lowest BCUT2D eigenvalue weighted by molar-refractivity contribution is -0.136. The zero-order valence-electron chi connectivity index (χ0n) is 16.8. The van der Waals surface area contributed by atoms with Crippen LogP contribution in [0.5, 0.6) is 5.75 Å². The number of benzene rings is 1. The van der Waals surface area contributed by atoms with Gasteiger partial charge in [-0.3, -0.25) is 4.79 Å². The highest BCUT2D eigenvalue weighted by Crippen LogP contribution is 2.33. The topological polar surface area (TPSA) is 55.8 Å². The summed E-state index contributed by atoms with van der Waals surface area (Å²) in [5, 5.41) is 0. The number of hydrogen-bond acceptors (Lipinski definition) is 4. The molecule has 28 heavy (non-hydrogen) atoms. The highest BCUT2D eigenvalue weighted by atomic mass is 16.5. The number of rotatable bonds is 6. The Morgan fingerprint density at radius 3 is 2.54 bits per heavy atom. The van der Waals surface area contributed by atoms with E-state index in [1.54, 1.807) is 18.1 Å². The van der Waals surface area contributed by atoms with E-state index in [0.717, 1.165) is 30.6 Å². The SMILES string of the molecule is COC(=O)C1=C(C)N(CCC2=CCCCC2)C(=O)/C1=C\c1ccc(OC)cc1. The van der Waals surface area contributed by atoms with Crippen molar-refractivity contribution in [1.82, 2.24) is 4.90 Å². The molecule has 0 N–H and O–H groups in total. The Balaban J connectivity index is 1.88. The van der Waals surface area contributed by atoms with E-state index in [-0.39, 0.29) is 5.91 Å². The lowest BCUT2D eigenvalue weighted by atomic mass is 9.97. The Morgan fingerprint density at radius 2 is 1.93 bits per heavy atom. The minimum atomic E-state index is -0.481. The molecular weight excluding hydrogens is 354 g/mol. The van der Waals surface area contributed by atoms with Crippen LogP contribution >= 0.6 is 0 Å². The quantitative estimate of drug-likeness (QED) is 0.420. The van der Waals surface area contributed by atoms with Gasteiger partial charge >= 0.3 is 5.97 Å². The van der Waals surface area contributed by atoms with Crippen LogP contribution < -0.4 is 4.74 Å². The molecule has 1 aliphatic carbocycles. The van der Waals surface area contributed by atoms with Gasteiger partial charge in [0.15, 0.2) is 0 Å². The largest absolute Gasteiger partial charge is 0.497 e. The van der Waals surface area contributed by atoms with Crippen LogP contribution in [0.15, 0.2) is 52.8 Å². The van der Waals surface area contributed by atoms with Crippen molar-refractivity contribution in [1.29, 1.82) is 0 Å². The summed E-state index contributed by atoms with van der Waals surface area (Å²) in [6.07, 6.45) is 9.55. The molecule has 1 amide bonds. The Kier molecular flexibility index (Phi) is 6.34. The molecule has 0 unspecified atom stereocenters. The summed E-state index contributed by atoms with van der Waals surface area (Å²) in [5.74, 6) is 0.109. The standard InChI is InChI=1S/C23H27NO4/c1-16-21(23(26)28-3)20(15-18-9-11-19(27-2)12-10-18)22(25)24(16)14-13-17-7-5-4-6-8-17/h7,9-12,15H,4-6,8,13-14H2,1-3H3/b20-15-. The predicted octanol–water partition coefficient (Wildman–Crippen LogP) is 4.26. The molecule has 1 aliphatic heterocycles. The van der Waals surface area contributed by atoms with Crippen LogP contribution in [0.2, 0.25) is 0 Å². The molecule has 5 heteroatoms. The lowest BCUT2D eigenvalue weighted by Crippen LogP contribution is -2.26. The molecule has 0 radical (unpaired) electrons. The summed E-state index contributed by atoms with van der Waals surface area (Å²) in [4.78, 5) is 27.2. The molecule has 0 bridgehead atoms. The first-order valence-corrected chi connectivity index (χ1v) is 9.70. The minimum Gasteiger partial charge on any atom is -0.497 e. The molecule has 0 aromatic heterocycles. The third-order valence-electron chi connectivity index (χ3n) is 5.37. The van der Waals surface area contributed by atoms with Gasteiger partial charge in [-0.2, -0.15) is 0 Å². The van der Waals surface area contributed by atoms with E-state index in [1.807, 2.05) is 31.2 Å². The zero-order chi connectivity index (χ0) is 20.1. The Labute approximate surface area is 166 Å². The van der Waals surface area contributed by atoms with Crippen LogP contribution in [0.25, 0.3) is 6.08 Å². The van der Waals surface area contributed by atoms with E-state index in [9.17, 15) is 9.59 Å². The highest BCUT2D eigenvalue weighted by molar-refractivity contribution is 6.16. The van der Waals surface area contributed by atoms with Gasteiger partial charge in [-0.05, 0) is 62.8 Å². The number of hydrogen-bond donors (Lipinski definition) is 0. The predicted molar refractivity (Wildman–Crippen MR) is 109 cm³/mol. The highest BCUT2D eigenvalue weighted by Gasteiger charge is 2.36. The van der Waals surface area contributed by atoms with Crippen LogP contribution in [0, 0.1) is 0 Å². The summed E-state index contributed by atoms with van der Waals surface area (Å²) < 4.78 is 10.1. The summed E-state index contributed by atoms with van der Waals surface area (Å²) in [5.41, 5.74) is 3.62. The minimum absolute atomic E-state index is 0.148. The van der Waals surface area contributed by atoms with Crippen LogP contribution in [0.4, 0.5) is 0 Å². The summed E-state index contributed by atoms with van der Waals surface area (Å²) in [6, 6.07) is 7.37. The van der Waals surface area contributed by atoms with Gasteiger partial charge in [0.25, 0.3) is 5.91 Å². The number of nitrogens with zero attached hydrogens (tertiary/aromatic N) is 1. The van der Waals surface area contributed by atoms with Crippen molar-refractivity contribution in [2.24, 2.45) is 0 Å². The number of carbonyl (C=O) groups excluding carboxylic acids is 2. The van der Waals surface area contributed by atoms with E-state index in [0.29, 0.717) is 23.4 Å². The second-order valence-corrected chi connectivity index (χ2v) is 7.10. The van der Waals surface area contributed by atoms with Crippen molar-refractivity contribution in [3.63, 3.8) is 0 Å². The van der Waals surface area contributed by atoms with Gasteiger partial charge in [0.2, 0.25) is 0 Å². The van der Waals surface area contributed by atoms with E-state index < -0.39 is 5.97 Å². The molecule has 1 aromatic carbocycles. The van der Waals surface area contributed by atoms with Crippen molar-refractivity contribution in [3.8, 4) is 5.75 Å². The van der Waals surface area contributed by atoms with Crippen molar-refractivity contribution in [2.45, 2.75) is 39.0 Å². The molecule has 3 rings (SSSR count). The van der Waals surface area contributed by atoms with Crippen molar-refractivity contribution < 1.29 is 19.1 Å². The molecule has 1 aromatic rings. The Hall–Kier alpha value is -2.82. The number of carbonyl (C=O) groups is 2. The summed E-state index contributed by atoms with van der Waals surface area (Å²) >= 11 is 0. The second kappa shape index (κ2) is 8.91. The molecule has 2 aliphatic rings. The maximum atomic E-state index is 13.1. The third kappa shape index (κ3) is 4.19. The smallest absolute Gasteiger partial charge is 0.340 e. The van der Waals surface area contributed by atoms with Gasteiger partial charge in [-0.15, -0.1) is 0 Å². The third-order valence-corrected chi connectivity index (χ3v) is 5.37. The van der Waals surface area contributed by atoms with Gasteiger partial charge in [-0.1, -0.05) is 23.8 Å². The van der Waals surface area contributed by atoms with E-state index in [1.165, 1.54) is 25.5 Å². The number of methoxy groups -OCH3 is 2. The van der Waals surface area contributed by atoms with Gasteiger partial charge in [-0.25, -0.2) is 4.79 Å². The zero-order valence-corrected chi connectivity index (χ0v) is 16.8. The molecule has 5 nitrogen and oxygen atoms in total. The number of ether oxygens (including phenoxy) is 2. The van der Waals surface area contributed by atoms with E-state index in [4.69, 9.17) is 9.47 Å². The fourth-order valence-electron chi connectivity index (χ4n) is 3.75. The van der Waals surface area contributed by atoms with Crippen LogP contribution in [0.1, 0.15) is 44.6 Å². The molecule has 148 valence electrons. The van der Waals surface area contributed by atoms with E-state index in [2.05, 4.69) is 6.08 Å². The van der Waals surface area contributed by atoms with Crippen molar-refractivity contribution >= 4 is 18.0 Å². The van der Waals surface area contributed by atoms with Crippen molar-refractivity contribution in [2.75, 3.05) is 20.8 Å². The van der Waals surface area contributed by atoms with E-state index >= 15 is 0 Å². The average molecular weight is 381 g/mol. The molecule has 0 saturated heterocycles. The first kappa shape index (κ1) is 19.9. The molecular formula is C23H27NO4. The summed E-state index contributed by atoms with van der Waals surface area (Å²) in [7, 11) is 2.95. The van der Waals surface area contributed by atoms with Crippen molar-refractivity contribution in [3.05, 3.63) is 58.3 Å². The number of esters is 1. The number of amides is 1. The van der Waals surface area contributed by atoms with Gasteiger partial charge in [0, 0.05) is 12.2 Å². The average Bonchev–Trinajstić information content (AvgIpc) is 2.96. The molecule has 0 saturated carbocycles. The maximum Gasteiger partial charge on any atom is 0.340 e. The molecule has 1 heterocycles. The van der Waals surface area contributed by atoms with Gasteiger partial charge in [0.05, 0.1) is 25.4 Å². The van der Waals surface area contributed by atoms with Gasteiger partial charge < -0.3 is 14.4 Å². The fourth-order valence-corrected chi connectivity index (χ4v) is 3.75. The van der Waals surface area contributed by atoms with Crippen LogP contribution in [-0.4, -0.2) is 37.5 Å². The maximum absolute atomic E-state index is 13.1.